The molecule has 0 aromatic heterocycles. The first-order valence-corrected chi connectivity index (χ1v) is 7.05. The van der Waals surface area contributed by atoms with Gasteiger partial charge in [0.05, 0.1) is 0 Å². The van der Waals surface area contributed by atoms with Gasteiger partial charge in [0.25, 0.3) is 0 Å². The van der Waals surface area contributed by atoms with Crippen LogP contribution in [0.4, 0.5) is 10.5 Å². The molecule has 4 heteroatoms. The molecule has 4 nitrogen and oxygen atoms in total. The lowest BCUT2D eigenvalue weighted by atomic mass is 10.0. The third-order valence-corrected chi connectivity index (χ3v) is 3.51. The minimum Gasteiger partial charge on any atom is -0.444 e. The second kappa shape index (κ2) is 5.00. The highest BCUT2D eigenvalue weighted by Crippen LogP contribution is 2.39. The van der Waals surface area contributed by atoms with Gasteiger partial charge in [-0.1, -0.05) is 12.1 Å². The molecule has 20 heavy (non-hydrogen) atoms. The fourth-order valence-electron chi connectivity index (χ4n) is 2.21. The van der Waals surface area contributed by atoms with Crippen molar-refractivity contribution in [3.63, 3.8) is 0 Å². The molecule has 1 aliphatic carbocycles. The molecule has 3 N–H and O–H groups in total. The van der Waals surface area contributed by atoms with Crippen LogP contribution in [0.2, 0.25) is 0 Å². The van der Waals surface area contributed by atoms with Crippen LogP contribution in [0.15, 0.2) is 18.2 Å². The predicted octanol–water partition coefficient (Wildman–Crippen LogP) is 3.18. The summed E-state index contributed by atoms with van der Waals surface area (Å²) >= 11 is 0. The smallest absolute Gasteiger partial charge is 0.408 e. The Bertz CT molecular complexity index is 514. The molecule has 1 aromatic carbocycles. The van der Waals surface area contributed by atoms with Gasteiger partial charge in [-0.25, -0.2) is 4.79 Å². The van der Waals surface area contributed by atoms with Gasteiger partial charge in [-0.2, -0.15) is 0 Å². The van der Waals surface area contributed by atoms with E-state index in [1.807, 2.05) is 39.8 Å². The number of ether oxygens (including phenoxy) is 1. The van der Waals surface area contributed by atoms with E-state index < -0.39 is 5.60 Å². The number of carbonyl (C=O) groups excluding carboxylic acids is 1. The summed E-state index contributed by atoms with van der Waals surface area (Å²) in [5, 5.41) is 3.00. The number of nitrogens with one attached hydrogen (secondary N) is 1. The van der Waals surface area contributed by atoms with Crippen molar-refractivity contribution in [2.45, 2.75) is 58.1 Å². The Labute approximate surface area is 120 Å². The average Bonchev–Trinajstić information content (AvgIpc) is 3.00. The summed E-state index contributed by atoms with van der Waals surface area (Å²) < 4.78 is 5.32. The van der Waals surface area contributed by atoms with Crippen molar-refractivity contribution in [3.8, 4) is 0 Å². The number of hydrogen-bond donors (Lipinski definition) is 2. The van der Waals surface area contributed by atoms with Crippen molar-refractivity contribution in [3.05, 3.63) is 29.3 Å². The average molecular weight is 276 g/mol. The standard InChI is InChI=1S/C16H24N2O2/c1-11-5-6-12(9-13(11)17)10-16(7-8-16)18-14(19)20-15(2,3)4/h5-6,9H,7-8,10,17H2,1-4H3,(H,18,19). The number of anilines is 1. The third-order valence-electron chi connectivity index (χ3n) is 3.51. The molecule has 0 heterocycles. The molecule has 0 unspecified atom stereocenters. The van der Waals surface area contributed by atoms with E-state index in [-0.39, 0.29) is 11.6 Å². The number of alkyl carbamates (subject to hydrolysis) is 1. The van der Waals surface area contributed by atoms with E-state index in [1.54, 1.807) is 0 Å². The SMILES string of the molecule is Cc1ccc(CC2(NC(=O)OC(C)(C)C)CC2)cc1N. The molecule has 0 spiro atoms. The molecule has 1 saturated carbocycles. The van der Waals surface area contributed by atoms with E-state index in [2.05, 4.69) is 11.4 Å². The molecule has 1 amide bonds. The first kappa shape index (κ1) is 14.7. The van der Waals surface area contributed by atoms with E-state index in [0.717, 1.165) is 36.1 Å². The summed E-state index contributed by atoms with van der Waals surface area (Å²) in [4.78, 5) is 11.9. The van der Waals surface area contributed by atoms with Crippen molar-refractivity contribution in [1.82, 2.24) is 5.32 Å². The van der Waals surface area contributed by atoms with Crippen molar-refractivity contribution < 1.29 is 9.53 Å². The molecular weight excluding hydrogens is 252 g/mol. The highest BCUT2D eigenvalue weighted by Gasteiger charge is 2.44. The first-order valence-electron chi connectivity index (χ1n) is 7.05. The molecule has 0 aliphatic heterocycles. The van der Waals surface area contributed by atoms with Gasteiger partial charge in [-0.15, -0.1) is 0 Å². The van der Waals surface area contributed by atoms with Crippen LogP contribution >= 0.6 is 0 Å². The largest absolute Gasteiger partial charge is 0.444 e. The third kappa shape index (κ3) is 3.89. The van der Waals surface area contributed by atoms with Crippen LogP contribution in [-0.4, -0.2) is 17.2 Å². The van der Waals surface area contributed by atoms with E-state index in [0.29, 0.717) is 0 Å². The van der Waals surface area contributed by atoms with Gasteiger partial charge < -0.3 is 15.8 Å². The van der Waals surface area contributed by atoms with E-state index in [9.17, 15) is 4.79 Å². The van der Waals surface area contributed by atoms with Gasteiger partial charge in [0.1, 0.15) is 5.60 Å². The maximum Gasteiger partial charge on any atom is 0.408 e. The van der Waals surface area contributed by atoms with E-state index in [4.69, 9.17) is 10.5 Å². The summed E-state index contributed by atoms with van der Waals surface area (Å²) in [5.74, 6) is 0. The zero-order chi connectivity index (χ0) is 15.0. The van der Waals surface area contributed by atoms with Crippen LogP contribution in [0.1, 0.15) is 44.7 Å². The van der Waals surface area contributed by atoms with Gasteiger partial charge >= 0.3 is 6.09 Å². The number of nitrogens with two attached hydrogens (primary N) is 1. The lowest BCUT2D eigenvalue weighted by Crippen LogP contribution is -2.41. The second-order valence-electron chi connectivity index (χ2n) is 6.77. The maximum absolute atomic E-state index is 11.9. The molecule has 0 atom stereocenters. The minimum absolute atomic E-state index is 0.149. The van der Waals surface area contributed by atoms with Gasteiger partial charge in [-0.05, 0) is 64.2 Å². The normalized spacial score (nSPS) is 16.6. The second-order valence-corrected chi connectivity index (χ2v) is 6.77. The van der Waals surface area contributed by atoms with Gasteiger partial charge in [0.15, 0.2) is 0 Å². The van der Waals surface area contributed by atoms with Gasteiger partial charge in [0.2, 0.25) is 0 Å². The van der Waals surface area contributed by atoms with Crippen LogP contribution in [0, 0.1) is 6.92 Å². The predicted molar refractivity (Wildman–Crippen MR) is 80.6 cm³/mol. The molecule has 0 radical (unpaired) electrons. The Hall–Kier alpha value is -1.71. The highest BCUT2D eigenvalue weighted by atomic mass is 16.6. The summed E-state index contributed by atoms with van der Waals surface area (Å²) in [6, 6.07) is 6.09. The van der Waals surface area contributed by atoms with Crippen LogP contribution < -0.4 is 11.1 Å². The van der Waals surface area contributed by atoms with Crippen molar-refractivity contribution in [1.29, 1.82) is 0 Å². The topological polar surface area (TPSA) is 64.3 Å². The summed E-state index contributed by atoms with van der Waals surface area (Å²) in [6.45, 7) is 7.59. The number of nitrogen functional groups attached to an aromatic ring is 1. The molecule has 1 aliphatic rings. The lowest BCUT2D eigenvalue weighted by Gasteiger charge is -2.23. The molecule has 110 valence electrons. The summed E-state index contributed by atoms with van der Waals surface area (Å²) in [6.07, 6.45) is 2.44. The van der Waals surface area contributed by atoms with Crippen LogP contribution in [0.5, 0.6) is 0 Å². The highest BCUT2D eigenvalue weighted by molar-refractivity contribution is 5.69. The fraction of sp³-hybridized carbons (Fsp3) is 0.562. The summed E-state index contributed by atoms with van der Waals surface area (Å²) in [5.41, 5.74) is 8.36. The number of aryl methyl sites for hydroxylation is 1. The van der Waals surface area contributed by atoms with Gasteiger partial charge in [0, 0.05) is 11.2 Å². The molecule has 0 saturated heterocycles. The molecule has 1 fully saturated rings. The molecular formula is C16H24N2O2. The number of carbonyl (C=O) groups is 1. The Balaban J connectivity index is 1.98. The lowest BCUT2D eigenvalue weighted by molar-refractivity contribution is 0.0496. The number of benzene rings is 1. The minimum atomic E-state index is -0.464. The van der Waals surface area contributed by atoms with Crippen LogP contribution in [0.3, 0.4) is 0 Å². The van der Waals surface area contributed by atoms with Crippen molar-refractivity contribution >= 4 is 11.8 Å². The monoisotopic (exact) mass is 276 g/mol. The zero-order valence-electron chi connectivity index (χ0n) is 12.7. The number of rotatable bonds is 3. The van der Waals surface area contributed by atoms with Gasteiger partial charge in [-0.3, -0.25) is 0 Å². The van der Waals surface area contributed by atoms with Crippen molar-refractivity contribution in [2.75, 3.05) is 5.73 Å². The quantitative estimate of drug-likeness (QED) is 0.833. The zero-order valence-corrected chi connectivity index (χ0v) is 12.7. The van der Waals surface area contributed by atoms with E-state index >= 15 is 0 Å². The molecule has 2 rings (SSSR count). The van der Waals surface area contributed by atoms with E-state index in [1.165, 1.54) is 0 Å². The van der Waals surface area contributed by atoms with Crippen LogP contribution in [-0.2, 0) is 11.2 Å². The summed E-state index contributed by atoms with van der Waals surface area (Å²) in [7, 11) is 0. The Morgan fingerprint density at radius 2 is 2.05 bits per heavy atom. The van der Waals surface area contributed by atoms with Crippen LogP contribution in [0.25, 0.3) is 0 Å². The number of hydrogen-bond acceptors (Lipinski definition) is 3. The van der Waals surface area contributed by atoms with Crippen molar-refractivity contribution in [2.24, 2.45) is 0 Å². The first-order chi connectivity index (χ1) is 9.19. The maximum atomic E-state index is 11.9. The molecule has 0 bridgehead atoms. The Kier molecular flexibility index (Phi) is 3.67. The Morgan fingerprint density at radius 3 is 2.55 bits per heavy atom. The Morgan fingerprint density at radius 1 is 1.40 bits per heavy atom. The number of amides is 1. The fourth-order valence-corrected chi connectivity index (χ4v) is 2.21. The molecule has 1 aromatic rings.